The van der Waals surface area contributed by atoms with Crippen molar-refractivity contribution in [1.82, 2.24) is 9.80 Å². The van der Waals surface area contributed by atoms with Crippen LogP contribution in [-0.2, 0) is 14.4 Å². The van der Waals surface area contributed by atoms with E-state index in [9.17, 15) is 19.5 Å². The molecule has 0 bridgehead atoms. The number of amides is 3. The molecule has 1 N–H and O–H groups in total. The number of fused-ring (bicyclic) bond motifs is 2. The highest BCUT2D eigenvalue weighted by Gasteiger charge is 2.74. The minimum absolute atomic E-state index is 0.0176. The van der Waals surface area contributed by atoms with Gasteiger partial charge in [-0.25, -0.2) is 0 Å². The largest absolute Gasteiger partial charge is 0.394 e. The minimum atomic E-state index is -0.927. The van der Waals surface area contributed by atoms with Gasteiger partial charge in [0.15, 0.2) is 0 Å². The van der Waals surface area contributed by atoms with Crippen molar-refractivity contribution in [1.29, 1.82) is 0 Å². The predicted molar refractivity (Wildman–Crippen MR) is 174 cm³/mol. The van der Waals surface area contributed by atoms with Crippen LogP contribution in [0, 0.1) is 17.8 Å². The van der Waals surface area contributed by atoms with Gasteiger partial charge < -0.3 is 24.7 Å². The molecule has 1 aromatic carbocycles. The summed E-state index contributed by atoms with van der Waals surface area (Å²) in [7, 11) is 0. The van der Waals surface area contributed by atoms with Crippen molar-refractivity contribution in [2.75, 3.05) is 49.1 Å². The molecule has 0 radical (unpaired) electrons. The van der Waals surface area contributed by atoms with Crippen LogP contribution in [0.2, 0.25) is 0 Å². The first-order chi connectivity index (χ1) is 20.6. The molecule has 2 saturated heterocycles. The number of carbonyl (C=O) groups excluding carboxylic acids is 3. The quantitative estimate of drug-likeness (QED) is 0.398. The zero-order chi connectivity index (χ0) is 31.1. The lowest BCUT2D eigenvalue weighted by Gasteiger charge is -2.40. The van der Waals surface area contributed by atoms with E-state index in [1.807, 2.05) is 35.2 Å². The maximum absolute atomic E-state index is 14.9. The number of hydrogen-bond donors (Lipinski definition) is 1. The Morgan fingerprint density at radius 3 is 2.23 bits per heavy atom. The van der Waals surface area contributed by atoms with E-state index in [0.717, 1.165) is 30.9 Å². The molecule has 1 unspecified atom stereocenters. The standard InChI is InChI=1S/C34H48N4O4S/c1-7-18-36-19-10-16-33(6)27(30(36)40)28-31(41)38(26(22-39)21-23(4)5)29-32(42)37(20-11-17-34(28,29)43-33)25-14-12-24(13-15-25)35(8-2)9-3/h10-17,23,26-29,39H,7-9,18-22H2,1-6H3/t26-,27-,28+,29?,33+,34+/m1/s1. The van der Waals surface area contributed by atoms with Crippen LogP contribution in [0.5, 0.6) is 0 Å². The molecule has 4 heterocycles. The van der Waals surface area contributed by atoms with Crippen molar-refractivity contribution in [2.24, 2.45) is 17.8 Å². The van der Waals surface area contributed by atoms with E-state index in [0.29, 0.717) is 26.1 Å². The number of nitrogens with zero attached hydrogens (tertiary/aromatic N) is 4. The molecular formula is C34H48N4O4S. The lowest BCUT2D eigenvalue weighted by molar-refractivity contribution is -0.145. The van der Waals surface area contributed by atoms with Gasteiger partial charge in [0.2, 0.25) is 11.8 Å². The summed E-state index contributed by atoms with van der Waals surface area (Å²) in [4.78, 5) is 51.4. The van der Waals surface area contributed by atoms with Gasteiger partial charge >= 0.3 is 0 Å². The summed E-state index contributed by atoms with van der Waals surface area (Å²) in [6.45, 7) is 15.6. The van der Waals surface area contributed by atoms with Gasteiger partial charge in [-0.1, -0.05) is 45.1 Å². The maximum atomic E-state index is 14.9. The molecule has 4 aliphatic heterocycles. The Kier molecular flexibility index (Phi) is 9.06. The lowest BCUT2D eigenvalue weighted by atomic mass is 9.74. The molecule has 1 spiro atoms. The van der Waals surface area contributed by atoms with Crippen molar-refractivity contribution in [3.63, 3.8) is 0 Å². The van der Waals surface area contributed by atoms with Crippen LogP contribution < -0.4 is 9.80 Å². The Morgan fingerprint density at radius 2 is 1.63 bits per heavy atom. The van der Waals surface area contributed by atoms with E-state index in [1.54, 1.807) is 21.6 Å². The van der Waals surface area contributed by atoms with Crippen LogP contribution in [-0.4, -0.2) is 93.5 Å². The normalized spacial score (nSPS) is 30.8. The third-order valence-electron chi connectivity index (χ3n) is 9.71. The number of thioether (sulfide) groups is 1. The number of aliphatic hydroxyl groups excluding tert-OH is 1. The van der Waals surface area contributed by atoms with Gasteiger partial charge in [0.1, 0.15) is 6.04 Å². The summed E-state index contributed by atoms with van der Waals surface area (Å²) in [5, 5.41) is 10.6. The average Bonchev–Trinajstić information content (AvgIpc) is 3.26. The Hall–Kier alpha value is -2.78. The number of hydrogen-bond acceptors (Lipinski definition) is 6. The van der Waals surface area contributed by atoms with Crippen LogP contribution >= 0.6 is 11.8 Å². The predicted octanol–water partition coefficient (Wildman–Crippen LogP) is 4.34. The summed E-state index contributed by atoms with van der Waals surface area (Å²) in [6, 6.07) is 6.70. The van der Waals surface area contributed by atoms with Crippen molar-refractivity contribution >= 4 is 40.9 Å². The molecule has 0 aliphatic carbocycles. The highest BCUT2D eigenvalue weighted by atomic mass is 32.2. The second kappa shape index (κ2) is 12.3. The van der Waals surface area contributed by atoms with Gasteiger partial charge in [0.25, 0.3) is 5.91 Å². The van der Waals surface area contributed by atoms with Gasteiger partial charge in [-0.2, -0.15) is 0 Å². The monoisotopic (exact) mass is 608 g/mol. The van der Waals surface area contributed by atoms with E-state index in [4.69, 9.17) is 0 Å². The Labute approximate surface area is 261 Å². The number of rotatable bonds is 10. The molecule has 4 aliphatic rings. The van der Waals surface area contributed by atoms with Gasteiger partial charge in [-0.05, 0) is 63.8 Å². The number of benzene rings is 1. The van der Waals surface area contributed by atoms with E-state index in [1.165, 1.54) is 0 Å². The van der Waals surface area contributed by atoms with Crippen LogP contribution in [0.3, 0.4) is 0 Å². The fraction of sp³-hybridized carbons (Fsp3) is 0.618. The molecule has 6 atom stereocenters. The molecule has 234 valence electrons. The van der Waals surface area contributed by atoms with Crippen LogP contribution in [0.15, 0.2) is 48.6 Å². The molecule has 0 aromatic heterocycles. The summed E-state index contributed by atoms with van der Waals surface area (Å²) in [6.07, 6.45) is 9.62. The highest BCUT2D eigenvalue weighted by molar-refractivity contribution is 8.02. The fourth-order valence-electron chi connectivity index (χ4n) is 7.86. The van der Waals surface area contributed by atoms with E-state index < -0.39 is 33.4 Å². The van der Waals surface area contributed by atoms with E-state index in [-0.39, 0.29) is 30.2 Å². The molecule has 8 nitrogen and oxygen atoms in total. The zero-order valence-electron chi connectivity index (χ0n) is 26.5. The molecule has 1 aromatic rings. The topological polar surface area (TPSA) is 84.4 Å². The second-order valence-electron chi connectivity index (χ2n) is 12.9. The first-order valence-corrected chi connectivity index (χ1v) is 16.8. The molecule has 3 amide bonds. The second-order valence-corrected chi connectivity index (χ2v) is 14.7. The van der Waals surface area contributed by atoms with Crippen molar-refractivity contribution in [2.45, 2.75) is 76.0 Å². The Morgan fingerprint density at radius 1 is 0.953 bits per heavy atom. The maximum Gasteiger partial charge on any atom is 0.251 e. The van der Waals surface area contributed by atoms with Gasteiger partial charge in [-0.3, -0.25) is 14.4 Å². The number of anilines is 2. The van der Waals surface area contributed by atoms with Crippen molar-refractivity contribution < 1.29 is 19.5 Å². The molecule has 0 saturated carbocycles. The first kappa shape index (κ1) is 31.6. The van der Waals surface area contributed by atoms with Gasteiger partial charge in [0.05, 0.1) is 29.2 Å². The van der Waals surface area contributed by atoms with E-state index in [2.05, 4.69) is 64.7 Å². The highest BCUT2D eigenvalue weighted by Crippen LogP contribution is 2.66. The lowest BCUT2D eigenvalue weighted by Crippen LogP contribution is -2.57. The Bertz CT molecular complexity index is 1280. The van der Waals surface area contributed by atoms with Crippen molar-refractivity contribution in [3.8, 4) is 0 Å². The van der Waals surface area contributed by atoms with E-state index >= 15 is 0 Å². The molecule has 9 heteroatoms. The van der Waals surface area contributed by atoms with Gasteiger partial charge in [0, 0.05) is 48.8 Å². The summed E-state index contributed by atoms with van der Waals surface area (Å²) < 4.78 is -1.56. The SMILES string of the molecule is CCCN1CC=C[C@]2(C)S[C@]34C=CCN(c5ccc(N(CC)CC)cc5)C(=O)C3N([C@@H](CO)CC(C)C)C(=O)[C@@H]4[C@@H]2C1=O. The molecule has 5 rings (SSSR count). The van der Waals surface area contributed by atoms with Gasteiger partial charge in [-0.15, -0.1) is 11.8 Å². The zero-order valence-corrected chi connectivity index (χ0v) is 27.3. The average molecular weight is 609 g/mol. The number of carbonyl (C=O) groups is 3. The number of aliphatic hydroxyl groups is 1. The minimum Gasteiger partial charge on any atom is -0.394 e. The summed E-state index contributed by atoms with van der Waals surface area (Å²) >= 11 is 1.60. The van der Waals surface area contributed by atoms with Crippen LogP contribution in [0.4, 0.5) is 11.4 Å². The smallest absolute Gasteiger partial charge is 0.251 e. The molecule has 43 heavy (non-hydrogen) atoms. The van der Waals surface area contributed by atoms with Crippen LogP contribution in [0.25, 0.3) is 0 Å². The molecular weight excluding hydrogens is 560 g/mol. The fourth-order valence-corrected chi connectivity index (χ4v) is 10.0. The van der Waals surface area contributed by atoms with Crippen molar-refractivity contribution in [3.05, 3.63) is 48.6 Å². The first-order valence-electron chi connectivity index (χ1n) is 16.0. The number of likely N-dealkylation sites (tertiary alicyclic amines) is 1. The van der Waals surface area contributed by atoms with Crippen LogP contribution in [0.1, 0.15) is 54.4 Å². The molecule has 2 fully saturated rings. The summed E-state index contributed by atoms with van der Waals surface area (Å²) in [5.74, 6) is -1.46. The third-order valence-corrected chi connectivity index (χ3v) is 11.5. The summed E-state index contributed by atoms with van der Waals surface area (Å²) in [5.41, 5.74) is 1.87. The third kappa shape index (κ3) is 5.20. The Balaban J connectivity index is 1.62.